The Bertz CT molecular complexity index is 357. The lowest BCUT2D eigenvalue weighted by Gasteiger charge is -2.20. The standard InChI is InChI=1S/C8H13N5O2/c1-8(2,7(9)15)3-10-6(14)5-11-4-12-13-5/h4H,3H2,1-2H3,(H2,9,15)(H,10,14)(H,11,12,13). The molecule has 82 valence electrons. The number of nitrogens with zero attached hydrogens (tertiary/aromatic N) is 2. The zero-order valence-corrected chi connectivity index (χ0v) is 8.57. The van der Waals surface area contributed by atoms with Gasteiger partial charge < -0.3 is 11.1 Å². The van der Waals surface area contributed by atoms with Crippen LogP contribution in [0.15, 0.2) is 6.33 Å². The normalized spacial score (nSPS) is 11.1. The fourth-order valence-corrected chi connectivity index (χ4v) is 0.787. The van der Waals surface area contributed by atoms with Gasteiger partial charge in [0.2, 0.25) is 11.7 Å². The lowest BCUT2D eigenvalue weighted by Crippen LogP contribution is -2.42. The summed E-state index contributed by atoms with van der Waals surface area (Å²) >= 11 is 0. The van der Waals surface area contributed by atoms with E-state index in [-0.39, 0.29) is 12.4 Å². The van der Waals surface area contributed by atoms with Gasteiger partial charge in [0, 0.05) is 6.54 Å². The topological polar surface area (TPSA) is 114 Å². The molecule has 7 nitrogen and oxygen atoms in total. The third kappa shape index (κ3) is 2.76. The smallest absolute Gasteiger partial charge is 0.288 e. The minimum Gasteiger partial charge on any atom is -0.369 e. The highest BCUT2D eigenvalue weighted by Crippen LogP contribution is 2.11. The first-order valence-corrected chi connectivity index (χ1v) is 4.37. The summed E-state index contributed by atoms with van der Waals surface area (Å²) in [4.78, 5) is 26.0. The van der Waals surface area contributed by atoms with Crippen LogP contribution in [0.4, 0.5) is 0 Å². The Labute approximate surface area is 86.5 Å². The second-order valence-corrected chi connectivity index (χ2v) is 3.76. The number of primary amides is 1. The van der Waals surface area contributed by atoms with E-state index in [4.69, 9.17) is 5.73 Å². The van der Waals surface area contributed by atoms with Crippen molar-refractivity contribution in [3.63, 3.8) is 0 Å². The molecule has 0 aliphatic rings. The van der Waals surface area contributed by atoms with Gasteiger partial charge in [-0.1, -0.05) is 0 Å². The van der Waals surface area contributed by atoms with Crippen LogP contribution in [0.2, 0.25) is 0 Å². The highest BCUT2D eigenvalue weighted by atomic mass is 16.2. The predicted octanol–water partition coefficient (Wildman–Crippen LogP) is -0.954. The molecule has 0 fully saturated rings. The first-order valence-electron chi connectivity index (χ1n) is 4.37. The zero-order valence-electron chi connectivity index (χ0n) is 8.57. The van der Waals surface area contributed by atoms with E-state index in [2.05, 4.69) is 20.5 Å². The van der Waals surface area contributed by atoms with Crippen LogP contribution in [-0.4, -0.2) is 33.5 Å². The Morgan fingerprint density at radius 3 is 2.73 bits per heavy atom. The molecule has 1 aromatic rings. The number of carbonyl (C=O) groups is 2. The molecule has 0 saturated heterocycles. The van der Waals surface area contributed by atoms with Crippen LogP contribution in [0.25, 0.3) is 0 Å². The van der Waals surface area contributed by atoms with Gasteiger partial charge in [-0.2, -0.15) is 5.10 Å². The van der Waals surface area contributed by atoms with Gasteiger partial charge in [-0.05, 0) is 13.8 Å². The van der Waals surface area contributed by atoms with E-state index >= 15 is 0 Å². The second-order valence-electron chi connectivity index (χ2n) is 3.76. The lowest BCUT2D eigenvalue weighted by molar-refractivity contribution is -0.125. The van der Waals surface area contributed by atoms with Crippen molar-refractivity contribution in [1.82, 2.24) is 20.5 Å². The summed E-state index contributed by atoms with van der Waals surface area (Å²) in [5.74, 6) is -0.780. The van der Waals surface area contributed by atoms with E-state index in [9.17, 15) is 9.59 Å². The van der Waals surface area contributed by atoms with Gasteiger partial charge in [0.1, 0.15) is 6.33 Å². The number of hydrogen-bond acceptors (Lipinski definition) is 4. The number of carbonyl (C=O) groups excluding carboxylic acids is 2. The van der Waals surface area contributed by atoms with E-state index in [1.54, 1.807) is 13.8 Å². The summed E-state index contributed by atoms with van der Waals surface area (Å²) in [6, 6.07) is 0. The van der Waals surface area contributed by atoms with Gasteiger partial charge in [-0.15, -0.1) is 0 Å². The minimum atomic E-state index is -0.782. The van der Waals surface area contributed by atoms with Crippen LogP contribution in [0, 0.1) is 5.41 Å². The van der Waals surface area contributed by atoms with Gasteiger partial charge in [-0.25, -0.2) is 4.98 Å². The van der Waals surface area contributed by atoms with Crippen molar-refractivity contribution in [3.8, 4) is 0 Å². The Morgan fingerprint density at radius 1 is 1.60 bits per heavy atom. The first-order chi connectivity index (χ1) is 6.93. The average Bonchev–Trinajstić information content (AvgIpc) is 2.66. The largest absolute Gasteiger partial charge is 0.369 e. The van der Waals surface area contributed by atoms with Gasteiger partial charge in [0.05, 0.1) is 5.41 Å². The number of hydrogen-bond donors (Lipinski definition) is 3. The molecule has 15 heavy (non-hydrogen) atoms. The van der Waals surface area contributed by atoms with Crippen molar-refractivity contribution in [1.29, 1.82) is 0 Å². The molecule has 1 aromatic heterocycles. The quantitative estimate of drug-likeness (QED) is 0.595. The molecule has 7 heteroatoms. The van der Waals surface area contributed by atoms with E-state index in [1.165, 1.54) is 6.33 Å². The third-order valence-corrected chi connectivity index (χ3v) is 1.99. The number of nitrogens with one attached hydrogen (secondary N) is 2. The molecule has 0 atom stereocenters. The highest BCUT2D eigenvalue weighted by molar-refractivity contribution is 5.90. The summed E-state index contributed by atoms with van der Waals surface area (Å²) in [7, 11) is 0. The van der Waals surface area contributed by atoms with Crippen LogP contribution >= 0.6 is 0 Å². The maximum absolute atomic E-state index is 11.4. The van der Waals surface area contributed by atoms with E-state index in [1.807, 2.05) is 0 Å². The van der Waals surface area contributed by atoms with Crippen molar-refractivity contribution in [2.75, 3.05) is 6.54 Å². The van der Waals surface area contributed by atoms with E-state index < -0.39 is 17.2 Å². The maximum atomic E-state index is 11.4. The summed E-state index contributed by atoms with van der Waals surface area (Å²) in [5.41, 5.74) is 4.37. The molecule has 4 N–H and O–H groups in total. The SMILES string of the molecule is CC(C)(CNC(=O)c1ncn[nH]1)C(N)=O. The number of nitrogens with two attached hydrogens (primary N) is 1. The number of amides is 2. The molecule has 2 amide bonds. The van der Waals surface area contributed by atoms with Gasteiger partial charge in [0.25, 0.3) is 5.91 Å². The minimum absolute atomic E-state index is 0.107. The number of aromatic nitrogens is 3. The summed E-state index contributed by atoms with van der Waals surface area (Å²) < 4.78 is 0. The summed E-state index contributed by atoms with van der Waals surface area (Å²) in [6.07, 6.45) is 1.23. The Balaban J connectivity index is 2.51. The molecule has 0 aliphatic carbocycles. The Kier molecular flexibility index (Phi) is 3.03. The maximum Gasteiger partial charge on any atom is 0.288 e. The van der Waals surface area contributed by atoms with Crippen LogP contribution in [0.5, 0.6) is 0 Å². The van der Waals surface area contributed by atoms with Crippen LogP contribution < -0.4 is 11.1 Å². The number of aromatic amines is 1. The molecule has 0 aromatic carbocycles. The molecular formula is C8H13N5O2. The molecule has 0 saturated carbocycles. The molecule has 0 unspecified atom stereocenters. The van der Waals surface area contributed by atoms with Gasteiger partial charge in [-0.3, -0.25) is 14.7 Å². The third-order valence-electron chi connectivity index (χ3n) is 1.99. The molecule has 1 heterocycles. The molecular weight excluding hydrogens is 198 g/mol. The molecule has 1 rings (SSSR count). The van der Waals surface area contributed by atoms with Crippen molar-refractivity contribution in [2.24, 2.45) is 11.1 Å². The van der Waals surface area contributed by atoms with Gasteiger partial charge in [0.15, 0.2) is 0 Å². The van der Waals surface area contributed by atoms with Crippen molar-refractivity contribution < 1.29 is 9.59 Å². The van der Waals surface area contributed by atoms with Gasteiger partial charge >= 0.3 is 0 Å². The summed E-state index contributed by atoms with van der Waals surface area (Å²) in [5, 5.41) is 8.48. The monoisotopic (exact) mass is 211 g/mol. The average molecular weight is 211 g/mol. The predicted molar refractivity (Wildman–Crippen MR) is 51.7 cm³/mol. The Morgan fingerprint density at radius 2 is 2.27 bits per heavy atom. The van der Waals surface area contributed by atoms with E-state index in [0.29, 0.717) is 0 Å². The molecule has 0 bridgehead atoms. The zero-order chi connectivity index (χ0) is 11.5. The van der Waals surface area contributed by atoms with E-state index in [0.717, 1.165) is 0 Å². The second kappa shape index (κ2) is 4.07. The van der Waals surface area contributed by atoms with Crippen molar-refractivity contribution in [2.45, 2.75) is 13.8 Å². The fraction of sp³-hybridized carbons (Fsp3) is 0.500. The molecule has 0 spiro atoms. The molecule has 0 radical (unpaired) electrons. The van der Waals surface area contributed by atoms with Crippen molar-refractivity contribution >= 4 is 11.8 Å². The van der Waals surface area contributed by atoms with Crippen LogP contribution in [-0.2, 0) is 4.79 Å². The van der Waals surface area contributed by atoms with Crippen molar-refractivity contribution in [3.05, 3.63) is 12.2 Å². The summed E-state index contributed by atoms with van der Waals surface area (Å²) in [6.45, 7) is 3.45. The number of H-pyrrole nitrogens is 1. The first kappa shape index (κ1) is 11.2. The van der Waals surface area contributed by atoms with Crippen LogP contribution in [0.3, 0.4) is 0 Å². The Hall–Kier alpha value is -1.92. The molecule has 0 aliphatic heterocycles. The lowest BCUT2D eigenvalue weighted by atomic mass is 9.93. The fourth-order valence-electron chi connectivity index (χ4n) is 0.787. The highest BCUT2D eigenvalue weighted by Gasteiger charge is 2.25. The van der Waals surface area contributed by atoms with Crippen LogP contribution in [0.1, 0.15) is 24.5 Å². The number of rotatable bonds is 4.